The van der Waals surface area contributed by atoms with E-state index < -0.39 is 0 Å². The zero-order chi connectivity index (χ0) is 13.8. The van der Waals surface area contributed by atoms with E-state index in [1.807, 2.05) is 0 Å². The van der Waals surface area contributed by atoms with E-state index in [0.717, 1.165) is 0 Å². The molecule has 0 aliphatic carbocycles. The topological polar surface area (TPSA) is 0 Å². The van der Waals surface area contributed by atoms with Gasteiger partial charge >= 0.3 is 0 Å². The lowest BCUT2D eigenvalue weighted by atomic mass is 10.1. The van der Waals surface area contributed by atoms with Crippen LogP contribution in [-0.4, -0.2) is 30.7 Å². The standard InChI is InChI=1S/C18H38N/c1-3-5-7-8-9-10-11-12-16-19(15-6-4-2)17-13-14-18-19/h3-18H2,1-2H3/q+1. The third kappa shape index (κ3) is 7.34. The Kier molecular flexibility index (Phi) is 9.59. The smallest absolute Gasteiger partial charge is 0.0788 e. The fourth-order valence-corrected chi connectivity index (χ4v) is 3.64. The molecular formula is C18H38N+. The van der Waals surface area contributed by atoms with Crippen molar-refractivity contribution < 1.29 is 4.48 Å². The molecule has 19 heavy (non-hydrogen) atoms. The first-order valence-electron chi connectivity index (χ1n) is 9.18. The van der Waals surface area contributed by atoms with Crippen molar-refractivity contribution in [3.8, 4) is 0 Å². The van der Waals surface area contributed by atoms with Crippen LogP contribution in [-0.2, 0) is 0 Å². The van der Waals surface area contributed by atoms with Crippen LogP contribution in [0.1, 0.15) is 90.9 Å². The minimum Gasteiger partial charge on any atom is -0.324 e. The quantitative estimate of drug-likeness (QED) is 0.322. The highest BCUT2D eigenvalue weighted by molar-refractivity contribution is 4.56. The summed E-state index contributed by atoms with van der Waals surface area (Å²) >= 11 is 0. The summed E-state index contributed by atoms with van der Waals surface area (Å²) in [6.07, 6.45) is 17.5. The highest BCUT2D eigenvalue weighted by atomic mass is 15.4. The van der Waals surface area contributed by atoms with E-state index in [-0.39, 0.29) is 0 Å². The van der Waals surface area contributed by atoms with Crippen molar-refractivity contribution >= 4 is 0 Å². The molecule has 1 heterocycles. The highest BCUT2D eigenvalue weighted by Crippen LogP contribution is 2.22. The summed E-state index contributed by atoms with van der Waals surface area (Å²) < 4.78 is 1.48. The van der Waals surface area contributed by atoms with E-state index in [1.165, 1.54) is 108 Å². The normalized spacial score (nSPS) is 18.0. The number of quaternary nitrogens is 1. The average molecular weight is 269 g/mol. The summed E-state index contributed by atoms with van der Waals surface area (Å²) in [5.74, 6) is 0. The molecule has 0 radical (unpaired) electrons. The van der Waals surface area contributed by atoms with Gasteiger partial charge < -0.3 is 4.48 Å². The number of hydrogen-bond acceptors (Lipinski definition) is 0. The lowest BCUT2D eigenvalue weighted by molar-refractivity contribution is -0.917. The summed E-state index contributed by atoms with van der Waals surface area (Å²) in [7, 11) is 0. The molecule has 114 valence electrons. The van der Waals surface area contributed by atoms with Gasteiger partial charge in [-0.25, -0.2) is 0 Å². The van der Waals surface area contributed by atoms with Crippen molar-refractivity contribution in [3.63, 3.8) is 0 Å². The molecule has 1 fully saturated rings. The number of unbranched alkanes of at least 4 members (excludes halogenated alkanes) is 8. The van der Waals surface area contributed by atoms with Gasteiger partial charge in [0, 0.05) is 12.8 Å². The molecule has 1 aliphatic rings. The minimum absolute atomic E-state index is 1.37. The first kappa shape index (κ1) is 17.0. The predicted octanol–water partition coefficient (Wildman–Crippen LogP) is 5.54. The number of likely N-dealkylation sites (tertiary alicyclic amines) is 1. The summed E-state index contributed by atoms with van der Waals surface area (Å²) in [6, 6.07) is 0. The summed E-state index contributed by atoms with van der Waals surface area (Å²) in [5, 5.41) is 0. The van der Waals surface area contributed by atoms with Gasteiger partial charge in [0.15, 0.2) is 0 Å². The molecule has 0 N–H and O–H groups in total. The number of rotatable bonds is 12. The molecule has 1 nitrogen and oxygen atoms in total. The van der Waals surface area contributed by atoms with Gasteiger partial charge in [0.2, 0.25) is 0 Å². The zero-order valence-corrected chi connectivity index (χ0v) is 13.8. The van der Waals surface area contributed by atoms with E-state index in [2.05, 4.69) is 13.8 Å². The third-order valence-electron chi connectivity index (χ3n) is 4.99. The Labute approximate surface area is 122 Å². The molecule has 0 aromatic rings. The van der Waals surface area contributed by atoms with Crippen LogP contribution < -0.4 is 0 Å². The average Bonchev–Trinajstić information content (AvgIpc) is 2.89. The Morgan fingerprint density at radius 2 is 1.05 bits per heavy atom. The van der Waals surface area contributed by atoms with E-state index >= 15 is 0 Å². The van der Waals surface area contributed by atoms with Crippen molar-refractivity contribution in [1.82, 2.24) is 0 Å². The second-order valence-corrected chi connectivity index (χ2v) is 6.77. The zero-order valence-electron chi connectivity index (χ0n) is 13.8. The molecule has 0 aromatic carbocycles. The molecule has 1 heteroatoms. The van der Waals surface area contributed by atoms with Gasteiger partial charge in [-0.3, -0.25) is 0 Å². The second kappa shape index (κ2) is 10.7. The molecule has 1 rings (SSSR count). The maximum atomic E-state index is 2.34. The second-order valence-electron chi connectivity index (χ2n) is 6.77. The fourth-order valence-electron chi connectivity index (χ4n) is 3.64. The molecular weight excluding hydrogens is 230 g/mol. The molecule has 1 aliphatic heterocycles. The lowest BCUT2D eigenvalue weighted by Gasteiger charge is -2.34. The molecule has 0 saturated carbocycles. The number of hydrogen-bond donors (Lipinski definition) is 0. The van der Waals surface area contributed by atoms with Gasteiger partial charge in [0.25, 0.3) is 0 Å². The van der Waals surface area contributed by atoms with Crippen LogP contribution >= 0.6 is 0 Å². The first-order chi connectivity index (χ1) is 9.33. The van der Waals surface area contributed by atoms with Crippen molar-refractivity contribution in [2.45, 2.75) is 90.9 Å². The van der Waals surface area contributed by atoms with Crippen LogP contribution in [0.3, 0.4) is 0 Å². The molecule has 0 aromatic heterocycles. The minimum atomic E-state index is 1.37. The van der Waals surface area contributed by atoms with Gasteiger partial charge in [-0.1, -0.05) is 58.8 Å². The Morgan fingerprint density at radius 1 is 0.579 bits per heavy atom. The summed E-state index contributed by atoms with van der Waals surface area (Å²) in [4.78, 5) is 0. The Hall–Kier alpha value is -0.0400. The summed E-state index contributed by atoms with van der Waals surface area (Å²) in [5.41, 5.74) is 0. The van der Waals surface area contributed by atoms with Crippen LogP contribution in [0.25, 0.3) is 0 Å². The van der Waals surface area contributed by atoms with Gasteiger partial charge in [0.1, 0.15) is 0 Å². The third-order valence-corrected chi connectivity index (χ3v) is 4.99. The van der Waals surface area contributed by atoms with E-state index in [0.29, 0.717) is 0 Å². The van der Waals surface area contributed by atoms with Crippen LogP contribution in [0, 0.1) is 0 Å². The van der Waals surface area contributed by atoms with Crippen molar-refractivity contribution in [2.24, 2.45) is 0 Å². The molecule has 0 spiro atoms. The van der Waals surface area contributed by atoms with Gasteiger partial charge in [-0.2, -0.15) is 0 Å². The maximum Gasteiger partial charge on any atom is 0.0788 e. The molecule has 0 bridgehead atoms. The predicted molar refractivity (Wildman–Crippen MR) is 86.5 cm³/mol. The van der Waals surface area contributed by atoms with Gasteiger partial charge in [-0.15, -0.1) is 0 Å². The highest BCUT2D eigenvalue weighted by Gasteiger charge is 2.30. The number of nitrogens with zero attached hydrogens (tertiary/aromatic N) is 1. The largest absolute Gasteiger partial charge is 0.324 e. The van der Waals surface area contributed by atoms with Gasteiger partial charge in [0.05, 0.1) is 26.2 Å². The van der Waals surface area contributed by atoms with Crippen LogP contribution in [0.15, 0.2) is 0 Å². The SMILES string of the molecule is CCCCCCCCCC[N+]1(CCCC)CCCC1. The fraction of sp³-hybridized carbons (Fsp3) is 1.00. The van der Waals surface area contributed by atoms with Gasteiger partial charge in [-0.05, 0) is 19.3 Å². The molecule has 1 saturated heterocycles. The molecule has 0 atom stereocenters. The first-order valence-corrected chi connectivity index (χ1v) is 9.18. The monoisotopic (exact) mass is 268 g/mol. The van der Waals surface area contributed by atoms with Crippen molar-refractivity contribution in [1.29, 1.82) is 0 Å². The molecule has 0 amide bonds. The van der Waals surface area contributed by atoms with Crippen molar-refractivity contribution in [3.05, 3.63) is 0 Å². The van der Waals surface area contributed by atoms with Crippen LogP contribution in [0.5, 0.6) is 0 Å². The Morgan fingerprint density at radius 3 is 1.63 bits per heavy atom. The Balaban J connectivity index is 2.02. The lowest BCUT2D eigenvalue weighted by Crippen LogP contribution is -2.46. The Bertz CT molecular complexity index is 194. The summed E-state index contributed by atoms with van der Waals surface area (Å²) in [6.45, 7) is 10.5. The van der Waals surface area contributed by atoms with E-state index in [4.69, 9.17) is 0 Å². The van der Waals surface area contributed by atoms with E-state index in [1.54, 1.807) is 0 Å². The van der Waals surface area contributed by atoms with E-state index in [9.17, 15) is 0 Å². The van der Waals surface area contributed by atoms with Crippen molar-refractivity contribution in [2.75, 3.05) is 26.2 Å². The maximum absolute atomic E-state index is 2.34. The molecule has 0 unspecified atom stereocenters. The van der Waals surface area contributed by atoms with Crippen LogP contribution in [0.4, 0.5) is 0 Å². The van der Waals surface area contributed by atoms with Crippen LogP contribution in [0.2, 0.25) is 0 Å².